The van der Waals surface area contributed by atoms with Crippen molar-refractivity contribution in [2.24, 2.45) is 13.0 Å². The molecule has 0 saturated carbocycles. The smallest absolute Gasteiger partial charge is 0.230 e. The van der Waals surface area contributed by atoms with Crippen LogP contribution in [0.25, 0.3) is 5.69 Å². The van der Waals surface area contributed by atoms with Gasteiger partial charge in [0, 0.05) is 43.3 Å². The topological polar surface area (TPSA) is 76.8 Å². The largest absolute Gasteiger partial charge is 0.315 e. The van der Waals surface area contributed by atoms with E-state index in [2.05, 4.69) is 20.8 Å². The molecule has 3 aromatic rings. The molecule has 0 spiro atoms. The average Bonchev–Trinajstić information content (AvgIpc) is 3.34. The molecular weight excluding hydrogens is 352 g/mol. The number of anilines is 1. The molecule has 7 nitrogen and oxygen atoms in total. The molecular formula is C18H19ClN6O. The van der Waals surface area contributed by atoms with Gasteiger partial charge >= 0.3 is 0 Å². The van der Waals surface area contributed by atoms with Crippen LogP contribution in [0.4, 0.5) is 5.82 Å². The van der Waals surface area contributed by atoms with Crippen LogP contribution in [0.5, 0.6) is 0 Å². The fourth-order valence-electron chi connectivity index (χ4n) is 3.37. The van der Waals surface area contributed by atoms with Gasteiger partial charge in [0.15, 0.2) is 0 Å². The zero-order valence-electron chi connectivity index (χ0n) is 14.3. The molecule has 0 aliphatic carbocycles. The van der Waals surface area contributed by atoms with Gasteiger partial charge in [0.1, 0.15) is 5.82 Å². The number of aromatic nitrogens is 4. The number of amides is 1. The summed E-state index contributed by atoms with van der Waals surface area (Å²) >= 11 is 6.07. The Kier molecular flexibility index (Phi) is 4.48. The van der Waals surface area contributed by atoms with Crippen molar-refractivity contribution in [3.05, 3.63) is 59.5 Å². The second-order valence-electron chi connectivity index (χ2n) is 6.42. The van der Waals surface area contributed by atoms with Crippen LogP contribution in [0, 0.1) is 5.92 Å². The van der Waals surface area contributed by atoms with E-state index in [4.69, 9.17) is 11.6 Å². The van der Waals surface area contributed by atoms with Gasteiger partial charge in [-0.25, -0.2) is 4.68 Å². The predicted octanol–water partition coefficient (Wildman–Crippen LogP) is 2.20. The van der Waals surface area contributed by atoms with Gasteiger partial charge in [0.2, 0.25) is 5.91 Å². The lowest BCUT2D eigenvalue weighted by Crippen LogP contribution is -2.28. The number of aryl methyl sites for hydroxylation is 1. The highest BCUT2D eigenvalue weighted by atomic mass is 35.5. The Hall–Kier alpha value is -2.64. The fraction of sp³-hybridized carbons (Fsp3) is 0.278. The van der Waals surface area contributed by atoms with Gasteiger partial charge < -0.3 is 10.6 Å². The van der Waals surface area contributed by atoms with Crippen molar-refractivity contribution in [2.75, 3.05) is 18.4 Å². The summed E-state index contributed by atoms with van der Waals surface area (Å²) in [7, 11) is 1.88. The Labute approximate surface area is 156 Å². The van der Waals surface area contributed by atoms with E-state index in [1.807, 2.05) is 31.6 Å². The maximum absolute atomic E-state index is 12.9. The minimum atomic E-state index is -0.165. The van der Waals surface area contributed by atoms with E-state index in [9.17, 15) is 4.79 Å². The monoisotopic (exact) mass is 370 g/mol. The maximum atomic E-state index is 12.9. The van der Waals surface area contributed by atoms with Crippen molar-refractivity contribution < 1.29 is 4.79 Å². The van der Waals surface area contributed by atoms with Gasteiger partial charge in [0.05, 0.1) is 24.0 Å². The van der Waals surface area contributed by atoms with Crippen LogP contribution < -0.4 is 10.6 Å². The number of carbonyl (C=O) groups excluding carboxylic acids is 1. The highest BCUT2D eigenvalue weighted by Gasteiger charge is 2.35. The molecule has 1 aliphatic heterocycles. The van der Waals surface area contributed by atoms with Crippen molar-refractivity contribution >= 4 is 23.3 Å². The first kappa shape index (κ1) is 16.8. The molecule has 2 N–H and O–H groups in total. The first-order valence-electron chi connectivity index (χ1n) is 8.42. The lowest BCUT2D eigenvalue weighted by molar-refractivity contribution is -0.119. The number of benzene rings is 1. The third kappa shape index (κ3) is 3.23. The SMILES string of the molecule is Cn1cc([C@H]2CNC[C@@H]2C(=O)Nc2ccnn2-c2cccc(Cl)c2)cn1. The lowest BCUT2D eigenvalue weighted by Gasteiger charge is -2.17. The number of hydrogen-bond donors (Lipinski definition) is 2. The molecule has 0 bridgehead atoms. The van der Waals surface area contributed by atoms with Gasteiger partial charge in [-0.2, -0.15) is 10.2 Å². The number of rotatable bonds is 4. The van der Waals surface area contributed by atoms with Gasteiger partial charge in [-0.3, -0.25) is 9.48 Å². The normalized spacial score (nSPS) is 19.6. The number of hydrogen-bond acceptors (Lipinski definition) is 4. The first-order chi connectivity index (χ1) is 12.6. The summed E-state index contributed by atoms with van der Waals surface area (Å²) in [5.74, 6) is 0.523. The van der Waals surface area contributed by atoms with Crippen LogP contribution in [0.15, 0.2) is 48.9 Å². The quantitative estimate of drug-likeness (QED) is 0.738. The molecule has 26 heavy (non-hydrogen) atoms. The second kappa shape index (κ2) is 6.93. The Morgan fingerprint density at radius 1 is 1.31 bits per heavy atom. The summed E-state index contributed by atoms with van der Waals surface area (Å²) in [5.41, 5.74) is 1.87. The van der Waals surface area contributed by atoms with Gasteiger partial charge in [-0.15, -0.1) is 0 Å². The predicted molar refractivity (Wildman–Crippen MR) is 99.5 cm³/mol. The molecule has 2 atom stereocenters. The molecule has 1 aliphatic rings. The van der Waals surface area contributed by atoms with E-state index in [-0.39, 0.29) is 17.7 Å². The van der Waals surface area contributed by atoms with Crippen LogP contribution in [0.1, 0.15) is 11.5 Å². The molecule has 0 radical (unpaired) electrons. The van der Waals surface area contributed by atoms with Crippen molar-refractivity contribution in [3.8, 4) is 5.69 Å². The Balaban J connectivity index is 1.55. The van der Waals surface area contributed by atoms with Crippen molar-refractivity contribution in [3.63, 3.8) is 0 Å². The van der Waals surface area contributed by atoms with Gasteiger partial charge in [0.25, 0.3) is 0 Å². The number of nitrogens with one attached hydrogen (secondary N) is 2. The summed E-state index contributed by atoms with van der Waals surface area (Å²) < 4.78 is 3.43. The fourth-order valence-corrected chi connectivity index (χ4v) is 3.55. The van der Waals surface area contributed by atoms with E-state index in [0.29, 0.717) is 17.4 Å². The molecule has 1 aromatic carbocycles. The highest BCUT2D eigenvalue weighted by Crippen LogP contribution is 2.29. The zero-order valence-corrected chi connectivity index (χ0v) is 15.0. The van der Waals surface area contributed by atoms with Crippen molar-refractivity contribution in [1.29, 1.82) is 0 Å². The second-order valence-corrected chi connectivity index (χ2v) is 6.85. The lowest BCUT2D eigenvalue weighted by atomic mass is 9.90. The van der Waals surface area contributed by atoms with E-state index < -0.39 is 0 Å². The van der Waals surface area contributed by atoms with Gasteiger partial charge in [-0.1, -0.05) is 17.7 Å². The average molecular weight is 371 g/mol. The molecule has 8 heteroatoms. The van der Waals surface area contributed by atoms with Gasteiger partial charge in [-0.05, 0) is 23.8 Å². The molecule has 1 fully saturated rings. The third-order valence-electron chi connectivity index (χ3n) is 4.65. The van der Waals surface area contributed by atoms with Crippen LogP contribution in [0.3, 0.4) is 0 Å². The van der Waals surface area contributed by atoms with Crippen molar-refractivity contribution in [2.45, 2.75) is 5.92 Å². The van der Waals surface area contributed by atoms with E-state index in [0.717, 1.165) is 17.8 Å². The molecule has 134 valence electrons. The number of halogens is 1. The number of nitrogens with zero attached hydrogens (tertiary/aromatic N) is 4. The van der Waals surface area contributed by atoms with E-state index in [1.54, 1.807) is 33.8 Å². The molecule has 2 aromatic heterocycles. The first-order valence-corrected chi connectivity index (χ1v) is 8.80. The summed E-state index contributed by atoms with van der Waals surface area (Å²) in [4.78, 5) is 12.9. The highest BCUT2D eigenvalue weighted by molar-refractivity contribution is 6.30. The summed E-state index contributed by atoms with van der Waals surface area (Å²) in [6, 6.07) is 9.13. The molecule has 4 rings (SSSR count). The molecule has 0 unspecified atom stereocenters. The van der Waals surface area contributed by atoms with Crippen LogP contribution in [0.2, 0.25) is 5.02 Å². The number of carbonyl (C=O) groups is 1. The molecule has 1 amide bonds. The van der Waals surface area contributed by atoms with E-state index >= 15 is 0 Å². The summed E-state index contributed by atoms with van der Waals surface area (Å²) in [5, 5.41) is 15.5. The zero-order chi connectivity index (χ0) is 18.1. The minimum Gasteiger partial charge on any atom is -0.315 e. The summed E-state index contributed by atoms with van der Waals surface area (Å²) in [6.45, 7) is 1.40. The Morgan fingerprint density at radius 3 is 2.96 bits per heavy atom. The van der Waals surface area contributed by atoms with Crippen LogP contribution >= 0.6 is 11.6 Å². The maximum Gasteiger partial charge on any atom is 0.230 e. The summed E-state index contributed by atoms with van der Waals surface area (Å²) in [6.07, 6.45) is 5.45. The molecule has 1 saturated heterocycles. The Bertz CT molecular complexity index is 933. The Morgan fingerprint density at radius 2 is 2.19 bits per heavy atom. The third-order valence-corrected chi connectivity index (χ3v) is 4.89. The standard InChI is InChI=1S/C18H19ClN6O/c1-24-11-12(8-22-24)15-9-20-10-16(15)18(26)23-17-5-6-21-25(17)14-4-2-3-13(19)7-14/h2-8,11,15-16,20H,9-10H2,1H3,(H,23,26)/t15-,16+/m1/s1. The van der Waals surface area contributed by atoms with Crippen LogP contribution in [-0.2, 0) is 11.8 Å². The minimum absolute atomic E-state index is 0.0346. The molecule has 3 heterocycles. The van der Waals surface area contributed by atoms with E-state index in [1.165, 1.54) is 0 Å². The van der Waals surface area contributed by atoms with Crippen molar-refractivity contribution in [1.82, 2.24) is 24.9 Å². The van der Waals surface area contributed by atoms with Crippen LogP contribution in [-0.4, -0.2) is 38.6 Å².